The summed E-state index contributed by atoms with van der Waals surface area (Å²) in [7, 11) is 1.92. The molecule has 8 heteroatoms. The zero-order valence-corrected chi connectivity index (χ0v) is 21.2. The van der Waals surface area contributed by atoms with Crippen LogP contribution < -0.4 is 10.1 Å². The molecule has 188 valence electrons. The van der Waals surface area contributed by atoms with Gasteiger partial charge in [-0.25, -0.2) is 9.78 Å². The van der Waals surface area contributed by atoms with Crippen molar-refractivity contribution in [1.82, 2.24) is 14.1 Å². The maximum atomic E-state index is 12.3. The van der Waals surface area contributed by atoms with Crippen LogP contribution in [0.5, 0.6) is 11.8 Å². The van der Waals surface area contributed by atoms with E-state index in [1.165, 1.54) is 0 Å². The molecule has 1 atom stereocenters. The van der Waals surface area contributed by atoms with Crippen molar-refractivity contribution in [3.8, 4) is 29.1 Å². The van der Waals surface area contributed by atoms with E-state index in [1.807, 2.05) is 67.9 Å². The van der Waals surface area contributed by atoms with Gasteiger partial charge in [0.15, 0.2) is 0 Å². The molecule has 2 saturated carbocycles. The van der Waals surface area contributed by atoms with E-state index in [9.17, 15) is 10.1 Å². The van der Waals surface area contributed by atoms with Crippen LogP contribution >= 0.6 is 0 Å². The Balaban J connectivity index is 1.32. The molecule has 1 unspecified atom stereocenters. The Morgan fingerprint density at radius 2 is 1.92 bits per heavy atom. The molecule has 2 heterocycles. The number of aryl methyl sites for hydroxylation is 1. The first-order valence-electron chi connectivity index (χ1n) is 12.7. The zero-order chi connectivity index (χ0) is 25.7. The average Bonchev–Trinajstić information content (AvgIpc) is 3.82. The predicted molar refractivity (Wildman–Crippen MR) is 141 cm³/mol. The summed E-state index contributed by atoms with van der Waals surface area (Å²) in [6.07, 6.45) is 5.64. The molecular weight excluding hydrogens is 466 g/mol. The molecule has 2 aliphatic rings. The van der Waals surface area contributed by atoms with Gasteiger partial charge in [0.2, 0.25) is 0 Å². The second-order valence-electron chi connectivity index (χ2n) is 10.1. The Labute approximate surface area is 215 Å². The molecule has 6 rings (SSSR count). The number of hydrogen-bond donors (Lipinski definition) is 1. The number of fused-ring (bicyclic) bond motifs is 1. The van der Waals surface area contributed by atoms with Crippen molar-refractivity contribution in [3.05, 3.63) is 59.9 Å². The Hall–Kier alpha value is -4.25. The summed E-state index contributed by atoms with van der Waals surface area (Å²) >= 11 is 0. The van der Waals surface area contributed by atoms with E-state index in [4.69, 9.17) is 9.47 Å². The van der Waals surface area contributed by atoms with Crippen LogP contribution in [0.2, 0.25) is 0 Å². The standard InChI is InChI=1S/C29H29N5O3/c1-17-16-31-28(33(17)3)37-23-12-13-24-25(15-30)27(34(22-10-11-22)26(24)14-23)20-6-8-21(9-7-20)32-29(35)36-18(2)19-4-5-19/h6-9,12-14,16,18-19,22H,4-5,10-11H2,1-3H3,(H,32,35). The highest BCUT2D eigenvalue weighted by Gasteiger charge is 2.32. The number of benzene rings is 2. The number of nitriles is 1. The first-order valence-corrected chi connectivity index (χ1v) is 12.7. The minimum atomic E-state index is -0.438. The lowest BCUT2D eigenvalue weighted by Gasteiger charge is -2.14. The molecule has 2 fully saturated rings. The van der Waals surface area contributed by atoms with Gasteiger partial charge in [-0.1, -0.05) is 12.1 Å². The van der Waals surface area contributed by atoms with E-state index in [0.29, 0.717) is 35.0 Å². The van der Waals surface area contributed by atoms with E-state index < -0.39 is 6.09 Å². The van der Waals surface area contributed by atoms with Crippen LogP contribution in [0.1, 0.15) is 49.9 Å². The maximum Gasteiger partial charge on any atom is 0.411 e. The number of carbonyl (C=O) groups excluding carboxylic acids is 1. The van der Waals surface area contributed by atoms with Crippen molar-refractivity contribution in [2.45, 2.75) is 51.7 Å². The van der Waals surface area contributed by atoms with Gasteiger partial charge in [0.25, 0.3) is 0 Å². The van der Waals surface area contributed by atoms with Crippen LogP contribution in [-0.4, -0.2) is 26.3 Å². The van der Waals surface area contributed by atoms with Crippen LogP contribution in [0, 0.1) is 24.2 Å². The zero-order valence-electron chi connectivity index (χ0n) is 21.2. The van der Waals surface area contributed by atoms with Crippen LogP contribution in [0.25, 0.3) is 22.2 Å². The van der Waals surface area contributed by atoms with E-state index in [-0.39, 0.29) is 6.10 Å². The minimum absolute atomic E-state index is 0.0676. The summed E-state index contributed by atoms with van der Waals surface area (Å²) in [6, 6.07) is 16.7. The summed E-state index contributed by atoms with van der Waals surface area (Å²) in [6.45, 7) is 3.92. The Kier molecular flexibility index (Phi) is 5.64. The van der Waals surface area contributed by atoms with E-state index in [1.54, 1.807) is 6.20 Å². The molecule has 0 spiro atoms. The lowest BCUT2D eigenvalue weighted by atomic mass is 10.1. The number of ether oxygens (including phenoxy) is 2. The molecule has 8 nitrogen and oxygen atoms in total. The molecule has 1 N–H and O–H groups in total. The molecule has 2 aliphatic carbocycles. The number of rotatable bonds is 7. The summed E-state index contributed by atoms with van der Waals surface area (Å²) < 4.78 is 15.7. The SMILES string of the molecule is Cc1cnc(Oc2ccc3c(C#N)c(-c4ccc(NC(=O)OC(C)C5CC5)cc4)n(C4CC4)c3c2)n1C. The van der Waals surface area contributed by atoms with E-state index in [2.05, 4.69) is 20.9 Å². The number of aromatic nitrogens is 3. The van der Waals surface area contributed by atoms with Crippen molar-refractivity contribution in [1.29, 1.82) is 5.26 Å². The topological polar surface area (TPSA) is 94.1 Å². The van der Waals surface area contributed by atoms with Crippen LogP contribution in [-0.2, 0) is 11.8 Å². The second kappa shape index (κ2) is 9.00. The van der Waals surface area contributed by atoms with Gasteiger partial charge in [0.05, 0.1) is 23.0 Å². The van der Waals surface area contributed by atoms with Crippen molar-refractivity contribution < 1.29 is 14.3 Å². The fourth-order valence-corrected chi connectivity index (χ4v) is 4.83. The first kappa shape index (κ1) is 23.2. The molecule has 0 aliphatic heterocycles. The summed E-state index contributed by atoms with van der Waals surface area (Å²) in [5, 5.41) is 13.9. The second-order valence-corrected chi connectivity index (χ2v) is 10.1. The van der Waals surface area contributed by atoms with E-state index >= 15 is 0 Å². The smallest absolute Gasteiger partial charge is 0.411 e. The third-order valence-electron chi connectivity index (χ3n) is 7.37. The van der Waals surface area contributed by atoms with Crippen molar-refractivity contribution in [2.24, 2.45) is 13.0 Å². The van der Waals surface area contributed by atoms with Crippen LogP contribution in [0.3, 0.4) is 0 Å². The third-order valence-corrected chi connectivity index (χ3v) is 7.37. The Morgan fingerprint density at radius 1 is 1.16 bits per heavy atom. The normalized spacial score (nSPS) is 15.8. The van der Waals surface area contributed by atoms with Gasteiger partial charge < -0.3 is 18.6 Å². The fraction of sp³-hybridized carbons (Fsp3) is 0.345. The van der Waals surface area contributed by atoms with E-state index in [0.717, 1.165) is 53.5 Å². The van der Waals surface area contributed by atoms with Crippen molar-refractivity contribution >= 4 is 22.7 Å². The van der Waals surface area contributed by atoms with Gasteiger partial charge in [0, 0.05) is 35.9 Å². The van der Waals surface area contributed by atoms with Crippen molar-refractivity contribution in [3.63, 3.8) is 0 Å². The number of hydrogen-bond acceptors (Lipinski definition) is 5. The number of nitrogens with one attached hydrogen (secondary N) is 1. The van der Waals surface area contributed by atoms with Gasteiger partial charge in [-0.3, -0.25) is 5.32 Å². The van der Waals surface area contributed by atoms with Crippen LogP contribution in [0.4, 0.5) is 10.5 Å². The molecule has 0 bridgehead atoms. The summed E-state index contributed by atoms with van der Waals surface area (Å²) in [5.41, 5.74) is 5.09. The number of amides is 1. The quantitative estimate of drug-likeness (QED) is 0.308. The monoisotopic (exact) mass is 495 g/mol. The molecule has 2 aromatic heterocycles. The highest BCUT2D eigenvalue weighted by molar-refractivity contribution is 5.96. The number of anilines is 1. The Morgan fingerprint density at radius 3 is 2.54 bits per heavy atom. The first-order chi connectivity index (χ1) is 17.9. The molecule has 4 aromatic rings. The average molecular weight is 496 g/mol. The third kappa shape index (κ3) is 4.42. The van der Waals surface area contributed by atoms with Crippen LogP contribution in [0.15, 0.2) is 48.7 Å². The van der Waals surface area contributed by atoms with Gasteiger partial charge in [-0.15, -0.1) is 0 Å². The highest BCUT2D eigenvalue weighted by atomic mass is 16.6. The highest BCUT2D eigenvalue weighted by Crippen LogP contribution is 2.45. The summed E-state index contributed by atoms with van der Waals surface area (Å²) in [4.78, 5) is 16.6. The molecule has 0 radical (unpaired) electrons. The number of carbonyl (C=O) groups is 1. The maximum absolute atomic E-state index is 12.3. The van der Waals surface area contributed by atoms with Gasteiger partial charge >= 0.3 is 12.1 Å². The number of nitrogens with zero attached hydrogens (tertiary/aromatic N) is 4. The molecule has 1 amide bonds. The lowest BCUT2D eigenvalue weighted by molar-refractivity contribution is 0.108. The fourth-order valence-electron chi connectivity index (χ4n) is 4.83. The van der Waals surface area contributed by atoms with Gasteiger partial charge in [0.1, 0.15) is 17.9 Å². The molecular formula is C29H29N5O3. The molecule has 37 heavy (non-hydrogen) atoms. The Bertz CT molecular complexity index is 1530. The predicted octanol–water partition coefficient (Wildman–Crippen LogP) is 6.70. The summed E-state index contributed by atoms with van der Waals surface area (Å²) in [5.74, 6) is 1.16. The van der Waals surface area contributed by atoms with Crippen molar-refractivity contribution in [2.75, 3.05) is 5.32 Å². The molecule has 2 aromatic carbocycles. The van der Waals surface area contributed by atoms with Gasteiger partial charge in [-0.2, -0.15) is 5.26 Å². The largest absolute Gasteiger partial charge is 0.446 e. The van der Waals surface area contributed by atoms with Gasteiger partial charge in [-0.05, 0) is 75.3 Å². The number of imidazole rings is 1. The lowest BCUT2D eigenvalue weighted by Crippen LogP contribution is -2.21. The molecule has 0 saturated heterocycles. The minimum Gasteiger partial charge on any atom is -0.446 e.